The monoisotopic (exact) mass is 338 g/mol. The molecule has 0 fully saturated rings. The zero-order chi connectivity index (χ0) is 17.7. The van der Waals surface area contributed by atoms with Gasteiger partial charge in [0.2, 0.25) is 0 Å². The molecule has 0 heterocycles. The third-order valence-electron chi connectivity index (χ3n) is 3.51. The Hall–Kier alpha value is -2.30. The summed E-state index contributed by atoms with van der Waals surface area (Å²) in [6.07, 6.45) is -0.975. The maximum atomic E-state index is 13.8. The summed E-state index contributed by atoms with van der Waals surface area (Å²) in [4.78, 5) is 0. The van der Waals surface area contributed by atoms with Gasteiger partial charge in [-0.2, -0.15) is 0 Å². The van der Waals surface area contributed by atoms with Crippen LogP contribution in [0.1, 0.15) is 37.0 Å². The number of alkyl halides is 3. The molecular formula is C19H18F4O. The number of hydrogen-bond acceptors (Lipinski definition) is 1. The summed E-state index contributed by atoms with van der Waals surface area (Å²) in [6, 6.07) is 11.4. The van der Waals surface area contributed by atoms with Gasteiger partial charge in [0.1, 0.15) is 0 Å². The van der Waals surface area contributed by atoms with Gasteiger partial charge in [0.25, 0.3) is 0 Å². The number of rotatable bonds is 5. The number of aryl methyl sites for hydroxylation is 1. The molecule has 24 heavy (non-hydrogen) atoms. The Kier molecular flexibility index (Phi) is 5.65. The molecule has 128 valence electrons. The summed E-state index contributed by atoms with van der Waals surface area (Å²) in [5, 5.41) is 0. The molecule has 1 nitrogen and oxygen atoms in total. The molecule has 2 aromatic rings. The largest absolute Gasteiger partial charge is 0.573 e. The summed E-state index contributed by atoms with van der Waals surface area (Å²) >= 11 is 0. The minimum Gasteiger partial charge on any atom is -0.403 e. The Bertz CT molecular complexity index is 715. The van der Waals surface area contributed by atoms with Crippen LogP contribution in [0.25, 0.3) is 11.6 Å². The highest BCUT2D eigenvalue weighted by atomic mass is 19.4. The van der Waals surface area contributed by atoms with Crippen LogP contribution >= 0.6 is 0 Å². The highest BCUT2D eigenvalue weighted by Crippen LogP contribution is 2.28. The van der Waals surface area contributed by atoms with E-state index in [1.54, 1.807) is 6.92 Å². The van der Waals surface area contributed by atoms with E-state index >= 15 is 0 Å². The minimum absolute atomic E-state index is 0.500. The second-order valence-corrected chi connectivity index (χ2v) is 5.51. The molecule has 0 aliphatic rings. The predicted molar refractivity (Wildman–Crippen MR) is 87.1 cm³/mol. The van der Waals surface area contributed by atoms with Gasteiger partial charge in [-0.05, 0) is 47.7 Å². The SMILES string of the molecule is CCCc1ccc(/C=C(\C)c2ccc(OC(F)(F)F)c(F)c2)cc1. The molecule has 0 spiro atoms. The molecule has 0 amide bonds. The minimum atomic E-state index is -4.91. The Morgan fingerprint density at radius 3 is 2.29 bits per heavy atom. The van der Waals surface area contributed by atoms with Crippen LogP contribution in [-0.4, -0.2) is 6.36 Å². The van der Waals surface area contributed by atoms with E-state index in [1.165, 1.54) is 11.6 Å². The highest BCUT2D eigenvalue weighted by Gasteiger charge is 2.32. The molecule has 2 rings (SSSR count). The van der Waals surface area contributed by atoms with Gasteiger partial charge in [0.05, 0.1) is 0 Å². The molecule has 0 radical (unpaired) electrons. The topological polar surface area (TPSA) is 9.23 Å². The molecule has 0 atom stereocenters. The smallest absolute Gasteiger partial charge is 0.403 e. The average Bonchev–Trinajstić information content (AvgIpc) is 2.50. The third kappa shape index (κ3) is 5.11. The molecule has 0 saturated carbocycles. The molecular weight excluding hydrogens is 320 g/mol. The number of allylic oxidation sites excluding steroid dienone is 1. The van der Waals surface area contributed by atoms with Crippen LogP contribution in [0.15, 0.2) is 42.5 Å². The zero-order valence-corrected chi connectivity index (χ0v) is 13.5. The Morgan fingerprint density at radius 2 is 1.75 bits per heavy atom. The van der Waals surface area contributed by atoms with Crippen molar-refractivity contribution in [2.75, 3.05) is 0 Å². The molecule has 2 aromatic carbocycles. The van der Waals surface area contributed by atoms with Gasteiger partial charge in [0.15, 0.2) is 11.6 Å². The number of halogens is 4. The van der Waals surface area contributed by atoms with E-state index in [1.807, 2.05) is 30.3 Å². The second-order valence-electron chi connectivity index (χ2n) is 5.51. The second kappa shape index (κ2) is 7.51. The molecule has 0 aliphatic heterocycles. The van der Waals surface area contributed by atoms with Crippen LogP contribution in [0, 0.1) is 5.82 Å². The van der Waals surface area contributed by atoms with E-state index in [9.17, 15) is 17.6 Å². The van der Waals surface area contributed by atoms with Crippen LogP contribution in [0.2, 0.25) is 0 Å². The van der Waals surface area contributed by atoms with Crippen molar-refractivity contribution < 1.29 is 22.3 Å². The lowest BCUT2D eigenvalue weighted by Crippen LogP contribution is -2.17. The molecule has 0 aliphatic carbocycles. The lowest BCUT2D eigenvalue weighted by Gasteiger charge is -2.11. The molecule has 5 heteroatoms. The van der Waals surface area contributed by atoms with E-state index in [2.05, 4.69) is 11.7 Å². The van der Waals surface area contributed by atoms with Gasteiger partial charge in [-0.25, -0.2) is 4.39 Å². The van der Waals surface area contributed by atoms with Gasteiger partial charge < -0.3 is 4.74 Å². The van der Waals surface area contributed by atoms with Gasteiger partial charge >= 0.3 is 6.36 Å². The lowest BCUT2D eigenvalue weighted by molar-refractivity contribution is -0.275. The fourth-order valence-corrected chi connectivity index (χ4v) is 2.36. The van der Waals surface area contributed by atoms with Gasteiger partial charge in [-0.15, -0.1) is 13.2 Å². The summed E-state index contributed by atoms with van der Waals surface area (Å²) in [7, 11) is 0. The predicted octanol–water partition coefficient (Wildman–Crippen LogP) is 6.24. The summed E-state index contributed by atoms with van der Waals surface area (Å²) in [6.45, 7) is 3.89. The Balaban J connectivity index is 2.19. The lowest BCUT2D eigenvalue weighted by atomic mass is 10.0. The van der Waals surface area contributed by atoms with Crippen LogP contribution in [0.5, 0.6) is 5.75 Å². The molecule has 0 N–H and O–H groups in total. The zero-order valence-electron chi connectivity index (χ0n) is 13.5. The van der Waals surface area contributed by atoms with Crippen LogP contribution in [-0.2, 0) is 6.42 Å². The first-order valence-corrected chi connectivity index (χ1v) is 7.61. The van der Waals surface area contributed by atoms with Crippen molar-refractivity contribution in [2.45, 2.75) is 33.1 Å². The standard InChI is InChI=1S/C19H18F4O/c1-3-4-14-5-7-15(8-6-14)11-13(2)16-9-10-18(17(20)12-16)24-19(21,22)23/h5-12H,3-4H2,1-2H3/b13-11+. The van der Waals surface area contributed by atoms with Gasteiger partial charge in [-0.1, -0.05) is 49.8 Å². The van der Waals surface area contributed by atoms with Crippen LogP contribution in [0.3, 0.4) is 0 Å². The van der Waals surface area contributed by atoms with E-state index < -0.39 is 17.9 Å². The average molecular weight is 338 g/mol. The fraction of sp³-hybridized carbons (Fsp3) is 0.263. The Labute approximate surface area is 138 Å². The first kappa shape index (κ1) is 18.0. The maximum absolute atomic E-state index is 13.8. The van der Waals surface area contributed by atoms with Crippen molar-refractivity contribution in [1.82, 2.24) is 0 Å². The summed E-state index contributed by atoms with van der Waals surface area (Å²) in [5.74, 6) is -1.88. The van der Waals surface area contributed by atoms with Gasteiger partial charge in [0, 0.05) is 0 Å². The highest BCUT2D eigenvalue weighted by molar-refractivity contribution is 5.80. The summed E-state index contributed by atoms with van der Waals surface area (Å²) < 4.78 is 53.9. The van der Waals surface area contributed by atoms with Crippen molar-refractivity contribution in [2.24, 2.45) is 0 Å². The van der Waals surface area contributed by atoms with E-state index in [0.717, 1.165) is 36.1 Å². The van der Waals surface area contributed by atoms with Crippen molar-refractivity contribution in [1.29, 1.82) is 0 Å². The third-order valence-corrected chi connectivity index (χ3v) is 3.51. The van der Waals surface area contributed by atoms with Crippen molar-refractivity contribution >= 4 is 11.6 Å². The number of hydrogen-bond donors (Lipinski definition) is 0. The van der Waals surface area contributed by atoms with Gasteiger partial charge in [-0.3, -0.25) is 0 Å². The fourth-order valence-electron chi connectivity index (χ4n) is 2.36. The van der Waals surface area contributed by atoms with Crippen molar-refractivity contribution in [3.63, 3.8) is 0 Å². The summed E-state index contributed by atoms with van der Waals surface area (Å²) in [5.41, 5.74) is 3.44. The maximum Gasteiger partial charge on any atom is 0.573 e. The molecule has 0 aromatic heterocycles. The Morgan fingerprint density at radius 1 is 1.08 bits per heavy atom. The first-order chi connectivity index (χ1) is 11.3. The quantitative estimate of drug-likeness (QED) is 0.463. The van der Waals surface area contributed by atoms with E-state index in [-0.39, 0.29) is 0 Å². The van der Waals surface area contributed by atoms with E-state index in [0.29, 0.717) is 5.56 Å². The normalized spacial score (nSPS) is 12.3. The molecule has 0 bridgehead atoms. The van der Waals surface area contributed by atoms with Crippen LogP contribution in [0.4, 0.5) is 17.6 Å². The molecule has 0 unspecified atom stereocenters. The first-order valence-electron chi connectivity index (χ1n) is 7.61. The van der Waals surface area contributed by atoms with Crippen molar-refractivity contribution in [3.8, 4) is 5.75 Å². The van der Waals surface area contributed by atoms with Crippen LogP contribution < -0.4 is 4.74 Å². The number of ether oxygens (including phenoxy) is 1. The number of benzene rings is 2. The molecule has 0 saturated heterocycles. The van der Waals surface area contributed by atoms with Crippen molar-refractivity contribution in [3.05, 3.63) is 65.0 Å². The van der Waals surface area contributed by atoms with E-state index in [4.69, 9.17) is 0 Å².